The van der Waals surface area contributed by atoms with Crippen LogP contribution < -0.4 is 9.64 Å². The summed E-state index contributed by atoms with van der Waals surface area (Å²) in [5, 5.41) is 10.3. The maximum atomic E-state index is 15.7. The normalized spacial score (nSPS) is 16.0. The van der Waals surface area contributed by atoms with Crippen molar-refractivity contribution in [1.29, 1.82) is 0 Å². The van der Waals surface area contributed by atoms with Crippen LogP contribution in [0.4, 0.5) is 14.5 Å². The molecule has 4 rings (SSSR count). The van der Waals surface area contributed by atoms with Gasteiger partial charge in [0.2, 0.25) is 0 Å². The largest absolute Gasteiger partial charge is 0.493 e. The SMILES string of the molecule is Cc1ncc(-c2ccc(OCCc3ccc(F)cc3)cc2F)c(N2CCC(C)(C)CC2)c1[C@H](OC(C)(C)C)C(=O)O. The number of halogens is 2. The van der Waals surface area contributed by atoms with Crippen LogP contribution >= 0.6 is 0 Å². The summed E-state index contributed by atoms with van der Waals surface area (Å²) in [6.45, 7) is 13.4. The number of aliphatic carboxylic acids is 1. The van der Waals surface area contributed by atoms with Crippen molar-refractivity contribution in [3.05, 3.63) is 77.1 Å². The van der Waals surface area contributed by atoms with Gasteiger partial charge in [-0.3, -0.25) is 4.98 Å². The van der Waals surface area contributed by atoms with Crippen molar-refractivity contribution < 1.29 is 28.2 Å². The van der Waals surface area contributed by atoms with Crippen LogP contribution in [0.5, 0.6) is 5.75 Å². The fourth-order valence-electron chi connectivity index (χ4n) is 5.12. The molecule has 0 amide bonds. The van der Waals surface area contributed by atoms with Crippen molar-refractivity contribution in [1.82, 2.24) is 4.98 Å². The number of piperidine rings is 1. The lowest BCUT2D eigenvalue weighted by Crippen LogP contribution is -2.39. The smallest absolute Gasteiger partial charge is 0.337 e. The van der Waals surface area contributed by atoms with Gasteiger partial charge in [-0.05, 0) is 75.8 Å². The third-order valence-corrected chi connectivity index (χ3v) is 7.48. The standard InChI is InChI=1S/C33H40F2N2O4/c1-21-28(30(31(38)39)41-32(2,3)4)29(37-16-14-33(5,6)15-17-37)26(20-36-21)25-12-11-24(19-27(25)35)40-18-13-22-7-9-23(34)10-8-22/h7-12,19-20,30H,13-18H2,1-6H3,(H,38,39)/t30-/m0/s1. The average molecular weight is 567 g/mol. The van der Waals surface area contributed by atoms with Crippen LogP contribution in [0.25, 0.3) is 11.1 Å². The molecule has 3 aromatic rings. The zero-order valence-electron chi connectivity index (χ0n) is 24.8. The molecule has 8 heteroatoms. The molecule has 6 nitrogen and oxygen atoms in total. The summed E-state index contributed by atoms with van der Waals surface area (Å²) in [6, 6.07) is 10.9. The number of anilines is 1. The van der Waals surface area contributed by atoms with E-state index in [-0.39, 0.29) is 11.2 Å². The molecule has 2 heterocycles. The van der Waals surface area contributed by atoms with Gasteiger partial charge in [0, 0.05) is 54.2 Å². The van der Waals surface area contributed by atoms with E-state index in [9.17, 15) is 14.3 Å². The third kappa shape index (κ3) is 7.61. The highest BCUT2D eigenvalue weighted by molar-refractivity contribution is 5.86. The molecule has 0 spiro atoms. The number of nitrogens with zero attached hydrogens (tertiary/aromatic N) is 2. The molecule has 1 saturated heterocycles. The Morgan fingerprint density at radius 2 is 1.73 bits per heavy atom. The summed E-state index contributed by atoms with van der Waals surface area (Å²) in [5.41, 5.74) is 2.80. The first-order chi connectivity index (χ1) is 19.2. The van der Waals surface area contributed by atoms with Crippen LogP contribution in [0, 0.1) is 24.0 Å². The monoisotopic (exact) mass is 566 g/mol. The van der Waals surface area contributed by atoms with Gasteiger partial charge >= 0.3 is 5.97 Å². The molecule has 1 aliphatic rings. The van der Waals surface area contributed by atoms with Crippen LogP contribution in [0.1, 0.15) is 70.4 Å². The topological polar surface area (TPSA) is 71.9 Å². The first kappa shape index (κ1) is 30.4. The fourth-order valence-corrected chi connectivity index (χ4v) is 5.12. The number of hydrogen-bond donors (Lipinski definition) is 1. The number of aryl methyl sites for hydroxylation is 1. The molecular formula is C33H40F2N2O4. The summed E-state index contributed by atoms with van der Waals surface area (Å²) in [7, 11) is 0. The minimum Gasteiger partial charge on any atom is -0.493 e. The molecule has 2 aromatic carbocycles. The maximum Gasteiger partial charge on any atom is 0.337 e. The summed E-state index contributed by atoms with van der Waals surface area (Å²) >= 11 is 0. The number of carboxylic acid groups (broad SMARTS) is 1. The van der Waals surface area contributed by atoms with E-state index in [2.05, 4.69) is 23.7 Å². The first-order valence-corrected chi connectivity index (χ1v) is 14.1. The van der Waals surface area contributed by atoms with Crippen LogP contribution in [-0.4, -0.2) is 41.4 Å². The maximum absolute atomic E-state index is 15.7. The summed E-state index contributed by atoms with van der Waals surface area (Å²) in [4.78, 5) is 19.2. The molecule has 1 aliphatic heterocycles. The minimum atomic E-state index is -1.27. The molecule has 1 N–H and O–H groups in total. The van der Waals surface area contributed by atoms with Crippen LogP contribution in [0.3, 0.4) is 0 Å². The van der Waals surface area contributed by atoms with Crippen molar-refractivity contribution in [3.63, 3.8) is 0 Å². The van der Waals surface area contributed by atoms with Gasteiger partial charge in [-0.25, -0.2) is 13.6 Å². The molecule has 0 unspecified atom stereocenters. The predicted octanol–water partition coefficient (Wildman–Crippen LogP) is 7.52. The Labute approximate surface area is 241 Å². The van der Waals surface area contributed by atoms with Crippen molar-refractivity contribution in [3.8, 4) is 16.9 Å². The molecule has 1 atom stereocenters. The molecule has 41 heavy (non-hydrogen) atoms. The van der Waals surface area contributed by atoms with Gasteiger partial charge in [-0.1, -0.05) is 26.0 Å². The average Bonchev–Trinajstić information content (AvgIpc) is 2.88. The minimum absolute atomic E-state index is 0.158. The van der Waals surface area contributed by atoms with E-state index in [1.807, 2.05) is 20.8 Å². The number of benzene rings is 2. The Balaban J connectivity index is 1.71. The number of hydrogen-bond acceptors (Lipinski definition) is 5. The lowest BCUT2D eigenvalue weighted by atomic mass is 9.82. The molecule has 220 valence electrons. The number of carbonyl (C=O) groups is 1. The Hall–Kier alpha value is -3.52. The highest BCUT2D eigenvalue weighted by atomic mass is 19.1. The second kappa shape index (κ2) is 12.1. The molecule has 1 fully saturated rings. The first-order valence-electron chi connectivity index (χ1n) is 14.1. The Morgan fingerprint density at radius 1 is 1.07 bits per heavy atom. The summed E-state index contributed by atoms with van der Waals surface area (Å²) < 4.78 is 40.8. The predicted molar refractivity (Wildman–Crippen MR) is 156 cm³/mol. The lowest BCUT2D eigenvalue weighted by Gasteiger charge is -2.41. The van der Waals surface area contributed by atoms with Crippen molar-refractivity contribution in [2.75, 3.05) is 24.6 Å². The van der Waals surface area contributed by atoms with Gasteiger partial charge in [-0.2, -0.15) is 0 Å². The number of rotatable bonds is 9. The van der Waals surface area contributed by atoms with E-state index in [1.54, 1.807) is 37.4 Å². The molecule has 0 aliphatic carbocycles. The van der Waals surface area contributed by atoms with E-state index < -0.39 is 23.5 Å². The summed E-state index contributed by atoms with van der Waals surface area (Å²) in [6.07, 6.45) is 2.72. The van der Waals surface area contributed by atoms with E-state index >= 15 is 4.39 Å². The van der Waals surface area contributed by atoms with Crippen LogP contribution in [0.15, 0.2) is 48.7 Å². The fraction of sp³-hybridized carbons (Fsp3) is 0.455. The third-order valence-electron chi connectivity index (χ3n) is 7.48. The van der Waals surface area contributed by atoms with Gasteiger partial charge in [0.1, 0.15) is 17.4 Å². The van der Waals surface area contributed by atoms with Crippen molar-refractivity contribution in [2.45, 2.75) is 72.5 Å². The second-order valence-electron chi connectivity index (χ2n) is 12.5. The number of ether oxygens (including phenoxy) is 2. The number of aromatic nitrogens is 1. The second-order valence-corrected chi connectivity index (χ2v) is 12.5. The van der Waals surface area contributed by atoms with E-state index in [1.165, 1.54) is 18.2 Å². The molecular weight excluding hydrogens is 526 g/mol. The van der Waals surface area contributed by atoms with Crippen LogP contribution in [0.2, 0.25) is 0 Å². The van der Waals surface area contributed by atoms with Crippen molar-refractivity contribution in [2.24, 2.45) is 5.41 Å². The quantitative estimate of drug-likeness (QED) is 0.289. The van der Waals surface area contributed by atoms with Crippen molar-refractivity contribution >= 4 is 11.7 Å². The Morgan fingerprint density at radius 3 is 2.32 bits per heavy atom. The zero-order valence-corrected chi connectivity index (χ0v) is 24.8. The molecule has 0 radical (unpaired) electrons. The highest BCUT2D eigenvalue weighted by Crippen LogP contribution is 2.44. The number of carboxylic acids is 1. The summed E-state index contributed by atoms with van der Waals surface area (Å²) in [5.74, 6) is -1.54. The van der Waals surface area contributed by atoms with Crippen LogP contribution in [-0.2, 0) is 16.0 Å². The number of pyridine rings is 1. The van der Waals surface area contributed by atoms with Gasteiger partial charge in [-0.15, -0.1) is 0 Å². The Bertz CT molecular complexity index is 1370. The molecule has 0 saturated carbocycles. The molecule has 0 bridgehead atoms. The van der Waals surface area contributed by atoms with E-state index in [0.29, 0.717) is 59.9 Å². The van der Waals surface area contributed by atoms with Gasteiger partial charge < -0.3 is 19.5 Å². The van der Waals surface area contributed by atoms with Gasteiger partial charge in [0.15, 0.2) is 6.10 Å². The van der Waals surface area contributed by atoms with Gasteiger partial charge in [0.05, 0.1) is 17.9 Å². The molecule has 1 aromatic heterocycles. The van der Waals surface area contributed by atoms with Gasteiger partial charge in [0.25, 0.3) is 0 Å². The lowest BCUT2D eigenvalue weighted by molar-refractivity contribution is -0.160. The Kier molecular flexibility index (Phi) is 9.02. The van der Waals surface area contributed by atoms with E-state index in [0.717, 1.165) is 18.4 Å². The zero-order chi connectivity index (χ0) is 29.9. The highest BCUT2D eigenvalue weighted by Gasteiger charge is 2.36. The van der Waals surface area contributed by atoms with E-state index in [4.69, 9.17) is 9.47 Å².